The minimum Gasteiger partial charge on any atom is -0.460 e. The van der Waals surface area contributed by atoms with Crippen molar-refractivity contribution in [2.45, 2.75) is 57.1 Å². The lowest BCUT2D eigenvalue weighted by atomic mass is 9.90. The SMILES string of the molecule is O=C(CCl)O[C@@H]1CCCC[C@H]1N1CCCCC1. The van der Waals surface area contributed by atoms with E-state index < -0.39 is 0 Å². The summed E-state index contributed by atoms with van der Waals surface area (Å²) in [4.78, 5) is 13.9. The number of piperidine rings is 1. The van der Waals surface area contributed by atoms with Gasteiger partial charge in [-0.15, -0.1) is 11.6 Å². The Morgan fingerprint density at radius 1 is 1.12 bits per heavy atom. The third-order valence-corrected chi connectivity index (χ3v) is 4.14. The second kappa shape index (κ2) is 6.60. The highest BCUT2D eigenvalue weighted by Crippen LogP contribution is 2.27. The fourth-order valence-electron chi connectivity index (χ4n) is 3.08. The molecule has 3 nitrogen and oxygen atoms in total. The molecule has 0 aromatic heterocycles. The van der Waals surface area contributed by atoms with Crippen LogP contribution in [0, 0.1) is 0 Å². The molecule has 2 fully saturated rings. The number of alkyl halides is 1. The number of nitrogens with zero attached hydrogens (tertiary/aromatic N) is 1. The Morgan fingerprint density at radius 2 is 1.82 bits per heavy atom. The highest BCUT2D eigenvalue weighted by atomic mass is 35.5. The molecule has 2 aliphatic rings. The van der Waals surface area contributed by atoms with Gasteiger partial charge in [-0.1, -0.05) is 12.8 Å². The highest BCUT2D eigenvalue weighted by Gasteiger charge is 2.33. The van der Waals surface area contributed by atoms with Crippen molar-refractivity contribution in [3.05, 3.63) is 0 Å². The van der Waals surface area contributed by atoms with Gasteiger partial charge in [0, 0.05) is 6.04 Å². The molecule has 1 saturated carbocycles. The predicted octanol–water partition coefficient (Wildman–Crippen LogP) is 2.57. The number of carbonyl (C=O) groups is 1. The van der Waals surface area contributed by atoms with Crippen LogP contribution in [0.15, 0.2) is 0 Å². The Kier molecular flexibility index (Phi) is 5.11. The lowest BCUT2D eigenvalue weighted by molar-refractivity contribution is -0.151. The molecule has 0 unspecified atom stereocenters. The van der Waals surface area contributed by atoms with Crippen LogP contribution in [0.25, 0.3) is 0 Å². The molecule has 0 aromatic rings. The van der Waals surface area contributed by atoms with Gasteiger partial charge < -0.3 is 4.74 Å². The number of likely N-dealkylation sites (tertiary alicyclic amines) is 1. The van der Waals surface area contributed by atoms with Crippen LogP contribution >= 0.6 is 11.6 Å². The summed E-state index contributed by atoms with van der Waals surface area (Å²) >= 11 is 5.52. The quantitative estimate of drug-likeness (QED) is 0.576. The van der Waals surface area contributed by atoms with Gasteiger partial charge in [0.1, 0.15) is 12.0 Å². The molecule has 4 heteroatoms. The van der Waals surface area contributed by atoms with Gasteiger partial charge in [0.05, 0.1) is 0 Å². The third kappa shape index (κ3) is 3.59. The van der Waals surface area contributed by atoms with E-state index in [1.807, 2.05) is 0 Å². The van der Waals surface area contributed by atoms with E-state index in [0.717, 1.165) is 6.42 Å². The molecule has 1 aliphatic carbocycles. The maximum absolute atomic E-state index is 11.3. The summed E-state index contributed by atoms with van der Waals surface area (Å²) in [6, 6.07) is 0.441. The van der Waals surface area contributed by atoms with Crippen molar-refractivity contribution in [2.75, 3.05) is 19.0 Å². The average molecular weight is 260 g/mol. The molecular formula is C13H22ClNO2. The van der Waals surface area contributed by atoms with Crippen molar-refractivity contribution in [3.8, 4) is 0 Å². The Labute approximate surface area is 108 Å². The number of esters is 1. The van der Waals surface area contributed by atoms with Gasteiger partial charge in [-0.25, -0.2) is 0 Å². The summed E-state index contributed by atoms with van der Waals surface area (Å²) in [5, 5.41) is 0. The van der Waals surface area contributed by atoms with Gasteiger partial charge >= 0.3 is 5.97 Å². The van der Waals surface area contributed by atoms with Gasteiger partial charge in [-0.2, -0.15) is 0 Å². The molecule has 1 aliphatic heterocycles. The molecule has 98 valence electrons. The second-order valence-corrected chi connectivity index (χ2v) is 5.38. The summed E-state index contributed by atoms with van der Waals surface area (Å²) in [5.74, 6) is -0.288. The number of hydrogen-bond donors (Lipinski definition) is 0. The molecule has 17 heavy (non-hydrogen) atoms. The topological polar surface area (TPSA) is 29.5 Å². The van der Waals surface area contributed by atoms with Crippen LogP contribution in [-0.4, -0.2) is 42.0 Å². The van der Waals surface area contributed by atoms with E-state index in [1.54, 1.807) is 0 Å². The summed E-state index contributed by atoms with van der Waals surface area (Å²) in [7, 11) is 0. The lowest BCUT2D eigenvalue weighted by Crippen LogP contribution is -2.49. The number of ether oxygens (including phenoxy) is 1. The molecule has 1 heterocycles. The third-order valence-electron chi connectivity index (χ3n) is 3.92. The molecule has 2 rings (SSSR count). The molecule has 1 saturated heterocycles. The largest absolute Gasteiger partial charge is 0.460 e. The molecule has 0 spiro atoms. The van der Waals surface area contributed by atoms with E-state index in [9.17, 15) is 4.79 Å². The van der Waals surface area contributed by atoms with Crippen molar-refractivity contribution < 1.29 is 9.53 Å². The smallest absolute Gasteiger partial charge is 0.321 e. The summed E-state index contributed by atoms with van der Waals surface area (Å²) in [6.45, 7) is 2.33. The molecule has 0 bridgehead atoms. The standard InChI is InChI=1S/C13H22ClNO2/c14-10-13(16)17-12-7-3-2-6-11(12)15-8-4-1-5-9-15/h11-12H,1-10H2/t11-,12-/m1/s1. The highest BCUT2D eigenvalue weighted by molar-refractivity contribution is 6.26. The number of halogens is 1. The minimum absolute atomic E-state index is 0.0246. The number of rotatable bonds is 3. The van der Waals surface area contributed by atoms with Crippen molar-refractivity contribution in [3.63, 3.8) is 0 Å². The van der Waals surface area contributed by atoms with Crippen LogP contribution in [0.4, 0.5) is 0 Å². The van der Waals surface area contributed by atoms with Crippen LogP contribution in [-0.2, 0) is 9.53 Å². The molecule has 0 amide bonds. The van der Waals surface area contributed by atoms with Crippen LogP contribution in [0.3, 0.4) is 0 Å². The van der Waals surface area contributed by atoms with E-state index in [4.69, 9.17) is 16.3 Å². The Bertz CT molecular complexity index is 254. The number of hydrogen-bond acceptors (Lipinski definition) is 3. The Hall–Kier alpha value is -0.280. The molecule has 2 atom stereocenters. The van der Waals surface area contributed by atoms with E-state index in [2.05, 4.69) is 4.90 Å². The fourth-order valence-corrected chi connectivity index (χ4v) is 3.15. The van der Waals surface area contributed by atoms with Gasteiger partial charge in [-0.3, -0.25) is 9.69 Å². The van der Waals surface area contributed by atoms with E-state index in [1.165, 1.54) is 51.6 Å². The minimum atomic E-state index is -0.263. The van der Waals surface area contributed by atoms with Crippen LogP contribution in [0.2, 0.25) is 0 Å². The predicted molar refractivity (Wildman–Crippen MR) is 68.3 cm³/mol. The zero-order chi connectivity index (χ0) is 12.1. The molecular weight excluding hydrogens is 238 g/mol. The maximum Gasteiger partial charge on any atom is 0.321 e. The molecule has 0 radical (unpaired) electrons. The van der Waals surface area contributed by atoms with Crippen molar-refractivity contribution >= 4 is 17.6 Å². The van der Waals surface area contributed by atoms with E-state index in [0.29, 0.717) is 6.04 Å². The fraction of sp³-hybridized carbons (Fsp3) is 0.923. The first-order valence-electron chi connectivity index (χ1n) is 6.81. The zero-order valence-electron chi connectivity index (χ0n) is 10.4. The summed E-state index contributed by atoms with van der Waals surface area (Å²) in [5.41, 5.74) is 0. The summed E-state index contributed by atoms with van der Waals surface area (Å²) in [6.07, 6.45) is 8.59. The van der Waals surface area contributed by atoms with E-state index >= 15 is 0 Å². The maximum atomic E-state index is 11.3. The van der Waals surface area contributed by atoms with Gasteiger partial charge in [0.15, 0.2) is 0 Å². The van der Waals surface area contributed by atoms with Gasteiger partial charge in [-0.05, 0) is 45.2 Å². The second-order valence-electron chi connectivity index (χ2n) is 5.11. The first-order valence-corrected chi connectivity index (χ1v) is 7.34. The van der Waals surface area contributed by atoms with Crippen molar-refractivity contribution in [2.24, 2.45) is 0 Å². The van der Waals surface area contributed by atoms with Gasteiger partial charge in [0.2, 0.25) is 0 Å². The first-order chi connectivity index (χ1) is 8.31. The molecule has 0 N–H and O–H groups in total. The van der Waals surface area contributed by atoms with Crippen molar-refractivity contribution in [1.82, 2.24) is 4.90 Å². The van der Waals surface area contributed by atoms with Crippen LogP contribution in [0.5, 0.6) is 0 Å². The lowest BCUT2D eigenvalue weighted by Gasteiger charge is -2.41. The molecule has 0 aromatic carbocycles. The monoisotopic (exact) mass is 259 g/mol. The van der Waals surface area contributed by atoms with Crippen LogP contribution in [0.1, 0.15) is 44.9 Å². The average Bonchev–Trinajstić information content (AvgIpc) is 2.40. The summed E-state index contributed by atoms with van der Waals surface area (Å²) < 4.78 is 5.49. The van der Waals surface area contributed by atoms with E-state index in [-0.39, 0.29) is 18.0 Å². The normalized spacial score (nSPS) is 31.1. The van der Waals surface area contributed by atoms with Crippen molar-refractivity contribution in [1.29, 1.82) is 0 Å². The van der Waals surface area contributed by atoms with Crippen LogP contribution < -0.4 is 0 Å². The zero-order valence-corrected chi connectivity index (χ0v) is 11.1. The van der Waals surface area contributed by atoms with Gasteiger partial charge in [0.25, 0.3) is 0 Å². The Balaban J connectivity index is 1.93. The Morgan fingerprint density at radius 3 is 2.53 bits per heavy atom. The number of carbonyl (C=O) groups excluding carboxylic acids is 1. The first kappa shape index (κ1) is 13.2.